The lowest BCUT2D eigenvalue weighted by Crippen LogP contribution is -2.44. The van der Waals surface area contributed by atoms with E-state index >= 15 is 0 Å². The molecule has 0 aliphatic heterocycles. The molecule has 0 saturated carbocycles. The number of nitrogens with one attached hydrogen (secondary N) is 2. The van der Waals surface area contributed by atoms with Crippen LogP contribution in [0.4, 0.5) is 5.69 Å². The third kappa shape index (κ3) is 6.83. The minimum Gasteiger partial charge on any atom is -0.478 e. The van der Waals surface area contributed by atoms with Gasteiger partial charge in [-0.25, -0.2) is 4.79 Å². The molecule has 11 nitrogen and oxygen atoms in total. The maximum atomic E-state index is 13.1. The summed E-state index contributed by atoms with van der Waals surface area (Å²) in [5.41, 5.74) is 2.46. The number of carbonyl (C=O) groups excluding carboxylic acids is 2. The zero-order valence-corrected chi connectivity index (χ0v) is 19.9. The van der Waals surface area contributed by atoms with Crippen LogP contribution in [0.25, 0.3) is 11.8 Å². The van der Waals surface area contributed by atoms with E-state index in [9.17, 15) is 14.4 Å². The number of hydrogen-bond donors (Lipinski definition) is 3. The van der Waals surface area contributed by atoms with E-state index in [0.717, 1.165) is 5.56 Å². The number of nitrogens with zero attached hydrogens (tertiary/aromatic N) is 5. The molecule has 0 aliphatic rings. The molecule has 4 rings (SSSR count). The van der Waals surface area contributed by atoms with Gasteiger partial charge in [-0.2, -0.15) is 4.68 Å². The standard InChI is InChI=1S/C25H20ClN7O4/c26-19-4-7-22(33-15-28-31-32-33)18(14-19)3-8-23(34)30-21(13-16-9-11-27-12-10-16)24(35)29-20-5-1-17(2-6-20)25(36)37/h1-12,14-15,21H,13H2,(H,29,35)(H,30,34)(H,36,37)/b8-3+/t21-/m0/s1. The van der Waals surface area contributed by atoms with Gasteiger partial charge in [-0.15, -0.1) is 5.10 Å². The van der Waals surface area contributed by atoms with Gasteiger partial charge < -0.3 is 15.7 Å². The predicted octanol–water partition coefficient (Wildman–Crippen LogP) is 2.79. The van der Waals surface area contributed by atoms with Crippen molar-refractivity contribution in [1.29, 1.82) is 0 Å². The quantitative estimate of drug-likeness (QED) is 0.286. The Kier molecular flexibility index (Phi) is 7.96. The van der Waals surface area contributed by atoms with E-state index in [-0.39, 0.29) is 12.0 Å². The molecule has 186 valence electrons. The SMILES string of the molecule is O=C(/C=C/c1cc(Cl)ccc1-n1cnnn1)N[C@@H](Cc1ccncc1)C(=O)Nc1ccc(C(=O)O)cc1. The maximum absolute atomic E-state index is 13.1. The summed E-state index contributed by atoms with van der Waals surface area (Å²) >= 11 is 6.13. The normalized spacial score (nSPS) is 11.7. The maximum Gasteiger partial charge on any atom is 0.335 e. The molecule has 0 radical (unpaired) electrons. The lowest BCUT2D eigenvalue weighted by atomic mass is 10.1. The summed E-state index contributed by atoms with van der Waals surface area (Å²) in [6.07, 6.45) is 7.64. The fourth-order valence-corrected chi connectivity index (χ4v) is 3.59. The zero-order valence-electron chi connectivity index (χ0n) is 19.2. The van der Waals surface area contributed by atoms with Crippen LogP contribution in [0.15, 0.2) is 79.4 Å². The molecule has 12 heteroatoms. The second-order valence-electron chi connectivity index (χ2n) is 7.78. The molecule has 0 aliphatic carbocycles. The summed E-state index contributed by atoms with van der Waals surface area (Å²) < 4.78 is 1.43. The number of hydrogen-bond acceptors (Lipinski definition) is 7. The molecule has 0 unspecified atom stereocenters. The third-order valence-corrected chi connectivity index (χ3v) is 5.46. The number of aromatic carboxylic acids is 1. The van der Waals surface area contributed by atoms with Crippen LogP contribution in [0, 0.1) is 0 Å². The van der Waals surface area contributed by atoms with Crippen LogP contribution in [0.1, 0.15) is 21.5 Å². The van der Waals surface area contributed by atoms with Gasteiger partial charge in [0, 0.05) is 41.2 Å². The number of carbonyl (C=O) groups is 3. The van der Waals surface area contributed by atoms with Gasteiger partial charge in [0.25, 0.3) is 0 Å². The fraction of sp³-hybridized carbons (Fsp3) is 0.0800. The summed E-state index contributed by atoms with van der Waals surface area (Å²) in [6, 6.07) is 13.3. The summed E-state index contributed by atoms with van der Waals surface area (Å²) in [7, 11) is 0. The molecule has 2 amide bonds. The molecule has 37 heavy (non-hydrogen) atoms. The number of carboxylic acids is 1. The summed E-state index contributed by atoms with van der Waals surface area (Å²) in [5.74, 6) is -2.06. The van der Waals surface area contributed by atoms with Gasteiger partial charge in [-0.05, 0) is 76.7 Å². The van der Waals surface area contributed by atoms with Crippen LogP contribution in [0.2, 0.25) is 5.02 Å². The highest BCUT2D eigenvalue weighted by Gasteiger charge is 2.21. The number of tetrazole rings is 1. The highest BCUT2D eigenvalue weighted by molar-refractivity contribution is 6.30. The molecule has 1 atom stereocenters. The molecule has 4 aromatic rings. The van der Waals surface area contributed by atoms with Crippen LogP contribution in [-0.2, 0) is 16.0 Å². The van der Waals surface area contributed by atoms with Crippen molar-refractivity contribution in [1.82, 2.24) is 30.5 Å². The van der Waals surface area contributed by atoms with Gasteiger partial charge in [0.2, 0.25) is 11.8 Å². The number of carboxylic acid groups (broad SMARTS) is 1. The van der Waals surface area contributed by atoms with Gasteiger partial charge in [0.05, 0.1) is 11.3 Å². The smallest absolute Gasteiger partial charge is 0.335 e. The first-order valence-corrected chi connectivity index (χ1v) is 11.3. The minimum absolute atomic E-state index is 0.0897. The van der Waals surface area contributed by atoms with Crippen molar-refractivity contribution in [2.24, 2.45) is 0 Å². The molecule has 2 heterocycles. The van der Waals surface area contributed by atoms with Crippen molar-refractivity contribution < 1.29 is 19.5 Å². The van der Waals surface area contributed by atoms with Gasteiger partial charge >= 0.3 is 5.97 Å². The van der Waals surface area contributed by atoms with Crippen LogP contribution in [0.3, 0.4) is 0 Å². The van der Waals surface area contributed by atoms with Crippen molar-refractivity contribution in [3.05, 3.63) is 101 Å². The van der Waals surface area contributed by atoms with Crippen molar-refractivity contribution >= 4 is 41.1 Å². The van der Waals surface area contributed by atoms with Gasteiger partial charge in [-0.1, -0.05) is 11.6 Å². The Morgan fingerprint density at radius 2 is 1.81 bits per heavy atom. The first kappa shape index (κ1) is 25.2. The third-order valence-electron chi connectivity index (χ3n) is 5.22. The molecule has 2 aromatic heterocycles. The fourth-order valence-electron chi connectivity index (χ4n) is 3.41. The molecular formula is C25H20ClN7O4. The van der Waals surface area contributed by atoms with Crippen LogP contribution < -0.4 is 10.6 Å². The Balaban J connectivity index is 1.51. The Hall–Kier alpha value is -4.90. The Bertz CT molecular complexity index is 1430. The topological polar surface area (TPSA) is 152 Å². The minimum atomic E-state index is -1.07. The van der Waals surface area contributed by atoms with E-state index in [4.69, 9.17) is 16.7 Å². The second kappa shape index (κ2) is 11.7. The number of rotatable bonds is 9. The van der Waals surface area contributed by atoms with E-state index in [1.807, 2.05) is 0 Å². The van der Waals surface area contributed by atoms with Gasteiger partial charge in [0.1, 0.15) is 12.4 Å². The number of anilines is 1. The monoisotopic (exact) mass is 517 g/mol. The van der Waals surface area contributed by atoms with Crippen molar-refractivity contribution in [2.45, 2.75) is 12.5 Å². The zero-order chi connectivity index (χ0) is 26.2. The van der Waals surface area contributed by atoms with Crippen LogP contribution in [0.5, 0.6) is 0 Å². The van der Waals surface area contributed by atoms with E-state index in [2.05, 4.69) is 31.1 Å². The van der Waals surface area contributed by atoms with Crippen molar-refractivity contribution in [2.75, 3.05) is 5.32 Å². The molecule has 0 bridgehead atoms. The van der Waals surface area contributed by atoms with Crippen molar-refractivity contribution in [3.63, 3.8) is 0 Å². The first-order chi connectivity index (χ1) is 17.9. The molecular weight excluding hydrogens is 498 g/mol. The number of pyridine rings is 1. The molecule has 2 aromatic carbocycles. The Labute approximate surface area is 215 Å². The first-order valence-electron chi connectivity index (χ1n) is 10.9. The average molecular weight is 518 g/mol. The molecule has 3 N–H and O–H groups in total. The summed E-state index contributed by atoms with van der Waals surface area (Å²) in [5, 5.41) is 26.1. The summed E-state index contributed by atoms with van der Waals surface area (Å²) in [6.45, 7) is 0. The number of aromatic nitrogens is 5. The number of amides is 2. The molecule has 0 saturated heterocycles. The largest absolute Gasteiger partial charge is 0.478 e. The number of halogens is 1. The molecule has 0 fully saturated rings. The van der Waals surface area contributed by atoms with E-state index in [1.165, 1.54) is 41.4 Å². The highest BCUT2D eigenvalue weighted by Crippen LogP contribution is 2.20. The Morgan fingerprint density at radius 3 is 2.49 bits per heavy atom. The van der Waals surface area contributed by atoms with E-state index < -0.39 is 23.8 Å². The molecule has 0 spiro atoms. The highest BCUT2D eigenvalue weighted by atomic mass is 35.5. The Morgan fingerprint density at radius 1 is 1.05 bits per heavy atom. The van der Waals surface area contributed by atoms with Gasteiger partial charge in [0.15, 0.2) is 0 Å². The van der Waals surface area contributed by atoms with Crippen LogP contribution in [-0.4, -0.2) is 54.1 Å². The second-order valence-corrected chi connectivity index (χ2v) is 8.22. The lowest BCUT2D eigenvalue weighted by molar-refractivity contribution is -0.123. The van der Waals surface area contributed by atoms with Crippen LogP contribution >= 0.6 is 11.6 Å². The lowest BCUT2D eigenvalue weighted by Gasteiger charge is -2.18. The predicted molar refractivity (Wildman–Crippen MR) is 135 cm³/mol. The number of benzene rings is 2. The van der Waals surface area contributed by atoms with Gasteiger partial charge in [-0.3, -0.25) is 14.6 Å². The van der Waals surface area contributed by atoms with E-state index in [0.29, 0.717) is 22.0 Å². The summed E-state index contributed by atoms with van der Waals surface area (Å²) in [4.78, 5) is 41.0. The average Bonchev–Trinajstić information content (AvgIpc) is 3.43. The van der Waals surface area contributed by atoms with E-state index in [1.54, 1.807) is 48.8 Å². The van der Waals surface area contributed by atoms with Crippen molar-refractivity contribution in [3.8, 4) is 5.69 Å².